The summed E-state index contributed by atoms with van der Waals surface area (Å²) in [6.45, 7) is 0. The SMILES string of the molecule is COc1cc(NC2=NC3CCC(C3)N2)cc(OC)c1. The fourth-order valence-electron chi connectivity index (χ4n) is 2.70. The topological polar surface area (TPSA) is 54.9 Å². The highest BCUT2D eigenvalue weighted by atomic mass is 16.5. The average molecular weight is 261 g/mol. The number of nitrogens with one attached hydrogen (secondary N) is 2. The second kappa shape index (κ2) is 4.99. The van der Waals surface area contributed by atoms with E-state index in [1.807, 2.05) is 18.2 Å². The molecule has 1 heterocycles. The Morgan fingerprint density at radius 3 is 2.53 bits per heavy atom. The van der Waals surface area contributed by atoms with Crippen molar-refractivity contribution in [3.05, 3.63) is 18.2 Å². The third-order valence-electron chi connectivity index (χ3n) is 3.67. The summed E-state index contributed by atoms with van der Waals surface area (Å²) in [5.41, 5.74) is 0.920. The Kier molecular flexibility index (Phi) is 3.19. The van der Waals surface area contributed by atoms with E-state index in [9.17, 15) is 0 Å². The van der Waals surface area contributed by atoms with Crippen LogP contribution in [0.5, 0.6) is 11.5 Å². The van der Waals surface area contributed by atoms with Crippen LogP contribution in [0.4, 0.5) is 5.69 Å². The molecule has 0 spiro atoms. The third-order valence-corrected chi connectivity index (χ3v) is 3.67. The zero-order valence-corrected chi connectivity index (χ0v) is 11.3. The molecule has 5 nitrogen and oxygen atoms in total. The van der Waals surface area contributed by atoms with E-state index in [1.165, 1.54) is 12.8 Å². The molecule has 0 radical (unpaired) electrons. The standard InChI is InChI=1S/C14H19N3O2/c1-18-12-6-11(7-13(8-12)19-2)17-14-15-9-3-4-10(5-9)16-14/h6-10H,3-5H2,1-2H3,(H2,15,16,17). The van der Waals surface area contributed by atoms with Gasteiger partial charge in [-0.2, -0.15) is 0 Å². The Labute approximate surface area is 113 Å². The van der Waals surface area contributed by atoms with E-state index >= 15 is 0 Å². The normalized spacial score (nSPS) is 24.4. The quantitative estimate of drug-likeness (QED) is 0.873. The molecule has 2 N–H and O–H groups in total. The first kappa shape index (κ1) is 12.1. The van der Waals surface area contributed by atoms with Crippen LogP contribution in [0.3, 0.4) is 0 Å². The molecule has 2 aliphatic rings. The summed E-state index contributed by atoms with van der Waals surface area (Å²) in [4.78, 5) is 4.66. The molecule has 0 aromatic heterocycles. The molecule has 2 atom stereocenters. The van der Waals surface area contributed by atoms with Gasteiger partial charge >= 0.3 is 0 Å². The highest BCUT2D eigenvalue weighted by molar-refractivity contribution is 5.94. The van der Waals surface area contributed by atoms with Crippen LogP contribution < -0.4 is 20.1 Å². The number of guanidine groups is 1. The predicted octanol–water partition coefficient (Wildman–Crippen LogP) is 2.00. The van der Waals surface area contributed by atoms with Gasteiger partial charge in [-0.15, -0.1) is 0 Å². The molecule has 5 heteroatoms. The van der Waals surface area contributed by atoms with Crippen molar-refractivity contribution in [2.45, 2.75) is 31.3 Å². The monoisotopic (exact) mass is 261 g/mol. The number of benzene rings is 1. The van der Waals surface area contributed by atoms with E-state index < -0.39 is 0 Å². The van der Waals surface area contributed by atoms with E-state index in [2.05, 4.69) is 15.6 Å². The van der Waals surface area contributed by atoms with Crippen LogP contribution in [-0.2, 0) is 0 Å². The Morgan fingerprint density at radius 1 is 1.16 bits per heavy atom. The smallest absolute Gasteiger partial charge is 0.196 e. The van der Waals surface area contributed by atoms with Gasteiger partial charge in [0.1, 0.15) is 11.5 Å². The molecular formula is C14H19N3O2. The molecule has 0 saturated heterocycles. The molecule has 1 fully saturated rings. The first-order chi connectivity index (χ1) is 9.26. The van der Waals surface area contributed by atoms with Crippen molar-refractivity contribution < 1.29 is 9.47 Å². The number of aliphatic imine (C=N–C) groups is 1. The van der Waals surface area contributed by atoms with Crippen LogP contribution in [0.25, 0.3) is 0 Å². The Hall–Kier alpha value is -1.91. The van der Waals surface area contributed by atoms with Crippen LogP contribution in [0.2, 0.25) is 0 Å². The zero-order chi connectivity index (χ0) is 13.2. The lowest BCUT2D eigenvalue weighted by molar-refractivity contribution is 0.395. The average Bonchev–Trinajstić information content (AvgIpc) is 2.77. The van der Waals surface area contributed by atoms with E-state index in [0.29, 0.717) is 12.1 Å². The summed E-state index contributed by atoms with van der Waals surface area (Å²) in [7, 11) is 3.30. The molecule has 3 rings (SSSR count). The summed E-state index contributed by atoms with van der Waals surface area (Å²) < 4.78 is 10.5. The first-order valence-electron chi connectivity index (χ1n) is 6.61. The fraction of sp³-hybridized carbons (Fsp3) is 0.500. The van der Waals surface area contributed by atoms with Crippen LogP contribution >= 0.6 is 0 Å². The number of hydrogen-bond donors (Lipinski definition) is 2. The molecule has 19 heavy (non-hydrogen) atoms. The lowest BCUT2D eigenvalue weighted by Gasteiger charge is -2.22. The number of rotatable bonds is 3. The van der Waals surface area contributed by atoms with Crippen molar-refractivity contribution >= 4 is 11.6 Å². The number of ether oxygens (including phenoxy) is 2. The molecule has 1 aliphatic heterocycles. The maximum atomic E-state index is 5.26. The Balaban J connectivity index is 1.79. The minimum atomic E-state index is 0.473. The summed E-state index contributed by atoms with van der Waals surface area (Å²) in [6.07, 6.45) is 3.55. The maximum absolute atomic E-state index is 5.26. The number of hydrogen-bond acceptors (Lipinski definition) is 5. The van der Waals surface area contributed by atoms with Crippen molar-refractivity contribution in [2.24, 2.45) is 4.99 Å². The number of methoxy groups -OCH3 is 2. The zero-order valence-electron chi connectivity index (χ0n) is 11.3. The molecular weight excluding hydrogens is 242 g/mol. The van der Waals surface area contributed by atoms with Gasteiger partial charge in [0.15, 0.2) is 5.96 Å². The van der Waals surface area contributed by atoms with Crippen LogP contribution in [-0.4, -0.2) is 32.3 Å². The van der Waals surface area contributed by atoms with Crippen LogP contribution in [0.1, 0.15) is 19.3 Å². The van der Waals surface area contributed by atoms with Crippen molar-refractivity contribution in [2.75, 3.05) is 19.5 Å². The molecule has 1 aliphatic carbocycles. The summed E-state index contributed by atoms with van der Waals surface area (Å²) in [5, 5.41) is 6.74. The summed E-state index contributed by atoms with van der Waals surface area (Å²) in [5.74, 6) is 2.39. The number of fused-ring (bicyclic) bond motifs is 2. The van der Waals surface area contributed by atoms with Gasteiger partial charge in [0, 0.05) is 29.9 Å². The van der Waals surface area contributed by atoms with Crippen molar-refractivity contribution in [1.82, 2.24) is 5.32 Å². The van der Waals surface area contributed by atoms with Gasteiger partial charge in [-0.25, -0.2) is 4.99 Å². The lowest BCUT2D eigenvalue weighted by atomic mass is 10.2. The molecule has 2 bridgehead atoms. The Morgan fingerprint density at radius 2 is 1.89 bits per heavy atom. The Bertz CT molecular complexity index is 479. The second-order valence-corrected chi connectivity index (χ2v) is 5.01. The largest absolute Gasteiger partial charge is 0.497 e. The van der Waals surface area contributed by atoms with Gasteiger partial charge in [0.2, 0.25) is 0 Å². The first-order valence-corrected chi connectivity index (χ1v) is 6.61. The maximum Gasteiger partial charge on any atom is 0.196 e. The van der Waals surface area contributed by atoms with Crippen molar-refractivity contribution in [1.29, 1.82) is 0 Å². The van der Waals surface area contributed by atoms with Gasteiger partial charge in [-0.1, -0.05) is 0 Å². The van der Waals surface area contributed by atoms with Gasteiger partial charge < -0.3 is 20.1 Å². The van der Waals surface area contributed by atoms with Gasteiger partial charge in [-0.05, 0) is 19.3 Å². The third kappa shape index (κ3) is 2.59. The molecule has 1 aromatic rings. The minimum absolute atomic E-state index is 0.473. The van der Waals surface area contributed by atoms with Crippen molar-refractivity contribution in [3.63, 3.8) is 0 Å². The van der Waals surface area contributed by atoms with E-state index in [-0.39, 0.29) is 0 Å². The minimum Gasteiger partial charge on any atom is -0.497 e. The molecule has 102 valence electrons. The van der Waals surface area contributed by atoms with Gasteiger partial charge in [0.05, 0.1) is 20.3 Å². The van der Waals surface area contributed by atoms with Crippen LogP contribution in [0, 0.1) is 0 Å². The molecule has 2 unspecified atom stereocenters. The lowest BCUT2D eigenvalue weighted by Crippen LogP contribution is -2.41. The summed E-state index contributed by atoms with van der Waals surface area (Å²) in [6, 6.07) is 6.76. The number of nitrogens with zero attached hydrogens (tertiary/aromatic N) is 1. The second-order valence-electron chi connectivity index (χ2n) is 5.01. The molecule has 1 saturated carbocycles. The van der Waals surface area contributed by atoms with Gasteiger partial charge in [0.25, 0.3) is 0 Å². The summed E-state index contributed by atoms with van der Waals surface area (Å²) >= 11 is 0. The highest BCUT2D eigenvalue weighted by Crippen LogP contribution is 2.28. The van der Waals surface area contributed by atoms with E-state index in [1.54, 1.807) is 14.2 Å². The van der Waals surface area contributed by atoms with E-state index in [4.69, 9.17) is 9.47 Å². The van der Waals surface area contributed by atoms with Crippen LogP contribution in [0.15, 0.2) is 23.2 Å². The number of anilines is 1. The van der Waals surface area contributed by atoms with Gasteiger partial charge in [-0.3, -0.25) is 0 Å². The molecule has 1 aromatic carbocycles. The fourth-order valence-corrected chi connectivity index (χ4v) is 2.70. The highest BCUT2D eigenvalue weighted by Gasteiger charge is 2.29. The van der Waals surface area contributed by atoms with E-state index in [0.717, 1.165) is 29.6 Å². The molecule has 0 amide bonds. The van der Waals surface area contributed by atoms with Crippen molar-refractivity contribution in [3.8, 4) is 11.5 Å². The predicted molar refractivity (Wildman–Crippen MR) is 75.2 cm³/mol.